The summed E-state index contributed by atoms with van der Waals surface area (Å²) in [7, 11) is 0. The molecule has 0 aliphatic carbocycles. The SMILES string of the molecule is CC(C)(C)c1c[c-]c(-c2ccccn2)cc1.CC(C)(C)c1c[c-]c(-c2ccccn2)cc1.CC(O)=CC(C)O.CC(O)=CC(C)O.CC(O)=CC(C)O.Cc1c[c-]c(-c2ccccn2)cc1.Cc1c[c-]c(-c2ccccn2)cc1.[Ir].[Ir].[Ir].[Ir].[c-]1ccccc1-c1ccccn1.[c-]1ccccc1-c1ccccn1.[c-]1ccccc1-c1ccccn1. The van der Waals surface area contributed by atoms with E-state index in [1.165, 1.54) is 61.3 Å². The monoisotopic (exact) mass is 2300 g/mol. The average molecular weight is 2290 g/mol. The summed E-state index contributed by atoms with van der Waals surface area (Å²) in [6, 6.07) is 112. The predicted octanol–water partition coefficient (Wildman–Crippen LogP) is 23.5. The zero-order chi connectivity index (χ0) is 83.6. The van der Waals surface area contributed by atoms with E-state index in [0.717, 1.165) is 78.8 Å². The van der Waals surface area contributed by atoms with E-state index in [-0.39, 0.29) is 109 Å². The first-order chi connectivity index (χ1) is 55.1. The van der Waals surface area contributed by atoms with Crippen LogP contribution in [0.2, 0.25) is 0 Å². The van der Waals surface area contributed by atoms with Gasteiger partial charge in [-0.1, -0.05) is 140 Å². The molecule has 0 saturated carbocycles. The van der Waals surface area contributed by atoms with Gasteiger partial charge in [-0.2, -0.15) is 0 Å². The fraction of sp³-hybridized carbons (Fsp3) is 0.186. The van der Waals surface area contributed by atoms with Crippen LogP contribution in [0, 0.1) is 56.3 Å². The van der Waals surface area contributed by atoms with Crippen LogP contribution in [0.1, 0.15) is 105 Å². The van der Waals surface area contributed by atoms with E-state index in [9.17, 15) is 0 Å². The van der Waals surface area contributed by atoms with Crippen LogP contribution in [-0.2, 0) is 91.3 Å². The standard InChI is InChI=1S/2C15H16N.2C12H10N.3C11H8N.3C5H10O2.4Ir/c2*1-15(2,3)13-9-7-12(8-10-13)14-6-4-5-11-16-14;2*1-10-5-7-11(8-6-10)12-4-2-3-9-13-12;3*1-2-6-10(7-3-1)11-8-4-5-9-12-11;3*1-4(6)3-5(2)7;;;;/h2*4-7,9-11H,1-3H3;2*2-7,9H,1H3;3*1-6,8-9H;3*3-4,6-7H,1-2H3;;;;/q7*-1;;;;;;;. The second-order valence-electron chi connectivity index (χ2n) is 28.0. The quantitative estimate of drug-likeness (QED) is 0.0556. The third kappa shape index (κ3) is 46.0. The maximum atomic E-state index is 8.49. The molecule has 7 aromatic carbocycles. The number of allylic oxidation sites excluding steroid dienone is 3. The van der Waals surface area contributed by atoms with Crippen molar-refractivity contribution in [2.24, 2.45) is 0 Å². The first kappa shape index (κ1) is 107. The van der Waals surface area contributed by atoms with Crippen molar-refractivity contribution >= 4 is 0 Å². The molecule has 0 spiro atoms. The third-order valence-corrected chi connectivity index (χ3v) is 15.5. The van der Waals surface area contributed by atoms with Gasteiger partial charge in [0.2, 0.25) is 0 Å². The molecule has 0 aliphatic rings. The van der Waals surface area contributed by atoms with E-state index in [4.69, 9.17) is 30.6 Å². The minimum atomic E-state index is -0.537. The summed E-state index contributed by atoms with van der Waals surface area (Å²) in [5.41, 5.74) is 19.5. The van der Waals surface area contributed by atoms with E-state index >= 15 is 0 Å². The van der Waals surface area contributed by atoms with E-state index in [1.54, 1.807) is 64.1 Å². The van der Waals surface area contributed by atoms with Gasteiger partial charge in [-0.25, -0.2) is 0 Å². The zero-order valence-electron chi connectivity index (χ0n) is 69.6. The largest absolute Gasteiger partial charge is 0.513 e. The van der Waals surface area contributed by atoms with Gasteiger partial charge in [0.05, 0.1) is 35.6 Å². The smallest absolute Gasteiger partial charge is 0.0877 e. The van der Waals surface area contributed by atoms with Crippen LogP contribution in [0.3, 0.4) is 0 Å². The molecule has 3 unspecified atom stereocenters. The average Bonchev–Trinajstić information content (AvgIpc) is 0.839. The van der Waals surface area contributed by atoms with Crippen LogP contribution in [-0.4, -0.2) is 83.8 Å². The van der Waals surface area contributed by atoms with Crippen molar-refractivity contribution in [3.63, 3.8) is 0 Å². The first-order valence-corrected chi connectivity index (χ1v) is 37.6. The van der Waals surface area contributed by atoms with Crippen molar-refractivity contribution in [2.75, 3.05) is 0 Å². The molecule has 6 N–H and O–H groups in total. The number of benzene rings is 7. The minimum absolute atomic E-state index is 0. The minimum Gasteiger partial charge on any atom is -0.513 e. The molecule has 0 fully saturated rings. The summed E-state index contributed by atoms with van der Waals surface area (Å²) in [6.45, 7) is 26.6. The Morgan fingerprint density at radius 1 is 0.269 bits per heavy atom. The Hall–Kier alpha value is -10.3. The van der Waals surface area contributed by atoms with Gasteiger partial charge in [0.25, 0.3) is 0 Å². The molecule has 0 bridgehead atoms. The van der Waals surface area contributed by atoms with Gasteiger partial charge < -0.3 is 65.5 Å². The van der Waals surface area contributed by atoms with Gasteiger partial charge in [-0.05, 0) is 153 Å². The Bertz CT molecular complexity index is 4420. The Kier molecular flexibility index (Phi) is 54.0. The second-order valence-corrected chi connectivity index (χ2v) is 28.0. The third-order valence-electron chi connectivity index (χ3n) is 15.5. The Labute approximate surface area is 760 Å². The second kappa shape index (κ2) is 60.2. The maximum Gasteiger partial charge on any atom is 0.0877 e. The number of aromatic nitrogens is 7. The number of aliphatic hydroxyl groups is 6. The summed E-state index contributed by atoms with van der Waals surface area (Å²) in [6.07, 6.45) is 15.0. The normalized spacial score (nSPS) is 11.1. The van der Waals surface area contributed by atoms with Crippen LogP contribution in [0.5, 0.6) is 0 Å². The van der Waals surface area contributed by atoms with Crippen molar-refractivity contribution < 1.29 is 111 Å². The molecule has 17 heteroatoms. The summed E-state index contributed by atoms with van der Waals surface area (Å²) in [5, 5.41) is 50.7. The Balaban J connectivity index is 0.000000666. The number of hydrogen-bond acceptors (Lipinski definition) is 13. The molecule has 14 rings (SSSR count). The zero-order valence-corrected chi connectivity index (χ0v) is 79.2. The van der Waals surface area contributed by atoms with Crippen LogP contribution < -0.4 is 0 Å². The molecule has 3 atom stereocenters. The summed E-state index contributed by atoms with van der Waals surface area (Å²) in [5.74, 6) is 0.486. The summed E-state index contributed by atoms with van der Waals surface area (Å²) in [4.78, 5) is 29.8. The van der Waals surface area contributed by atoms with E-state index in [1.807, 2.05) is 224 Å². The number of nitrogens with zero attached hydrogens (tertiary/aromatic N) is 7. The number of aryl methyl sites for hydroxylation is 2. The van der Waals surface area contributed by atoms with Crippen molar-refractivity contribution in [1.29, 1.82) is 0 Å². The van der Waals surface area contributed by atoms with Crippen molar-refractivity contribution in [3.8, 4) is 78.8 Å². The summed E-state index contributed by atoms with van der Waals surface area (Å²) < 4.78 is 0. The molecular formula is C102H106Ir4N7O6-7. The number of pyridine rings is 7. The van der Waals surface area contributed by atoms with Gasteiger partial charge in [0.15, 0.2) is 0 Å². The molecule has 628 valence electrons. The molecule has 0 aliphatic heterocycles. The van der Waals surface area contributed by atoms with E-state index in [2.05, 4.69) is 181 Å². The molecule has 119 heavy (non-hydrogen) atoms. The number of rotatable bonds is 10. The summed E-state index contributed by atoms with van der Waals surface area (Å²) >= 11 is 0. The van der Waals surface area contributed by atoms with Crippen LogP contribution in [0.4, 0.5) is 0 Å². The number of hydrogen-bond donors (Lipinski definition) is 6. The van der Waals surface area contributed by atoms with Crippen molar-refractivity contribution in [3.05, 3.63) is 417 Å². The first-order valence-electron chi connectivity index (χ1n) is 37.6. The molecular weight excluding hydrogens is 2190 g/mol. The van der Waals surface area contributed by atoms with Crippen molar-refractivity contribution in [1.82, 2.24) is 34.9 Å². The van der Waals surface area contributed by atoms with Crippen LogP contribution in [0.25, 0.3) is 78.8 Å². The van der Waals surface area contributed by atoms with E-state index < -0.39 is 18.3 Å². The molecule has 0 saturated heterocycles. The molecule has 7 heterocycles. The fourth-order valence-corrected chi connectivity index (χ4v) is 9.78. The van der Waals surface area contributed by atoms with Gasteiger partial charge in [0.1, 0.15) is 0 Å². The van der Waals surface area contributed by atoms with Crippen LogP contribution >= 0.6 is 0 Å². The van der Waals surface area contributed by atoms with Crippen LogP contribution in [0.15, 0.2) is 352 Å². The van der Waals surface area contributed by atoms with Crippen molar-refractivity contribution in [2.45, 2.75) is 126 Å². The molecule has 7 aromatic heterocycles. The van der Waals surface area contributed by atoms with Gasteiger partial charge >= 0.3 is 0 Å². The van der Waals surface area contributed by atoms with Gasteiger partial charge in [-0.15, -0.1) is 249 Å². The van der Waals surface area contributed by atoms with E-state index in [0.29, 0.717) is 0 Å². The topological polar surface area (TPSA) is 212 Å². The molecule has 4 radical (unpaired) electrons. The predicted molar refractivity (Wildman–Crippen MR) is 471 cm³/mol. The fourth-order valence-electron chi connectivity index (χ4n) is 9.78. The number of aliphatic hydroxyl groups excluding tert-OH is 6. The maximum absolute atomic E-state index is 8.49. The van der Waals surface area contributed by atoms with Gasteiger partial charge in [-0.3, -0.25) is 0 Å². The molecule has 0 amide bonds. The van der Waals surface area contributed by atoms with Gasteiger partial charge in [0, 0.05) is 124 Å². The molecule has 13 nitrogen and oxygen atoms in total. The molecule has 14 aromatic rings. The Morgan fingerprint density at radius 2 is 0.462 bits per heavy atom. The Morgan fingerprint density at radius 3 is 0.588 bits per heavy atom.